The second kappa shape index (κ2) is 36.0. The van der Waals surface area contributed by atoms with E-state index in [2.05, 4.69) is 334 Å². The second-order valence-electron chi connectivity index (χ2n) is 37.6. The number of benzene rings is 22. The van der Waals surface area contributed by atoms with Gasteiger partial charge < -0.3 is 22.7 Å². The quantitative estimate of drug-likeness (QED) is 0.109. The maximum Gasteiger partial charge on any atom is 0.164 e. The van der Waals surface area contributed by atoms with Gasteiger partial charge in [0.15, 0.2) is 52.4 Å². The Labute approximate surface area is 863 Å². The molecule has 0 spiro atoms. The molecule has 150 heavy (non-hydrogen) atoms. The number of furan rings is 1. The molecule has 0 aliphatic rings. The van der Waals surface area contributed by atoms with Gasteiger partial charge in [-0.1, -0.05) is 382 Å². The van der Waals surface area contributed by atoms with Crippen molar-refractivity contribution in [1.29, 1.82) is 0 Å². The van der Waals surface area contributed by atoms with E-state index in [1.807, 2.05) is 199 Å². The Balaban J connectivity index is 0.000000106. The zero-order chi connectivity index (χ0) is 98.8. The Morgan fingerprint density at radius 2 is 0.393 bits per heavy atom. The summed E-state index contributed by atoms with van der Waals surface area (Å²) in [7, 11) is 0. The van der Waals surface area contributed by atoms with Crippen LogP contribution >= 0.6 is 11.3 Å². The highest BCUT2D eigenvalue weighted by Crippen LogP contribution is 2.52. The van der Waals surface area contributed by atoms with Gasteiger partial charge in [0.25, 0.3) is 0 Å². The summed E-state index contributed by atoms with van der Waals surface area (Å²) >= 11 is 1.89. The molecule has 31 rings (SSSR count). The summed E-state index contributed by atoms with van der Waals surface area (Å²) in [6, 6.07) is 176. The molecule has 0 N–H and O–H groups in total. The van der Waals surface area contributed by atoms with Crippen LogP contribution in [-0.2, 0) is 0 Å². The molecule has 0 saturated carbocycles. The Kier molecular flexibility index (Phi) is 20.8. The molecule has 0 aliphatic carbocycles. The summed E-state index contributed by atoms with van der Waals surface area (Å²) in [5, 5.41) is 22.1. The van der Waals surface area contributed by atoms with E-state index < -0.39 is 0 Å². The van der Waals surface area contributed by atoms with Crippen LogP contribution in [0.1, 0.15) is 0 Å². The number of fused-ring (bicyclic) bond motifs is 30. The molecular formula is C135H83N13OS. The van der Waals surface area contributed by atoms with Gasteiger partial charge in [-0.15, -0.1) is 11.3 Å². The van der Waals surface area contributed by atoms with Gasteiger partial charge in [-0.2, -0.15) is 0 Å². The molecule has 14 nitrogen and oxygen atoms in total. The Morgan fingerprint density at radius 1 is 0.153 bits per heavy atom. The minimum atomic E-state index is 0.633. The van der Waals surface area contributed by atoms with Crippen LogP contribution in [-0.4, -0.2) is 63.1 Å². The standard InChI is InChI=1S/C49H31N5.C43H26N4O.C43H26N4S/c1-4-16-32(17-5-1)47-50-48(33-18-6-2-7-19-33)52-49(51-47)34-28-30-36(31-29-34)53-42-27-15-13-25-40(42)44-45(53)38-23-11-10-22-37(38)43-39-24-12-14-26-41(39)54(46(43)44)35-20-8-3-9-21-35;2*1-3-13-27(14-4-1)41-44-42(28-15-5-2-6-16-28)46-43(45-41)29-23-25-30(26-24-29)47-35-21-11-9-19-33(35)37-38-34-20-10-12-22-36(34)48-40(38)32-18-8-7-17-31(32)39(37)47/h1-31H;2*1-26H. The largest absolute Gasteiger partial charge is 0.455 e. The van der Waals surface area contributed by atoms with Crippen molar-refractivity contribution in [3.05, 3.63) is 504 Å². The zero-order valence-corrected chi connectivity index (χ0v) is 81.4. The Bertz CT molecular complexity index is 10200. The summed E-state index contributed by atoms with van der Waals surface area (Å²) in [4.78, 5) is 44.4. The van der Waals surface area contributed by atoms with E-state index >= 15 is 0 Å². The molecule has 31 aromatic rings. The van der Waals surface area contributed by atoms with Crippen LogP contribution in [0.5, 0.6) is 0 Å². The van der Waals surface area contributed by atoms with Gasteiger partial charge in [-0.25, -0.2) is 44.9 Å². The van der Waals surface area contributed by atoms with E-state index in [9.17, 15) is 0 Å². The molecule has 22 aromatic carbocycles. The molecule has 0 saturated heterocycles. The lowest BCUT2D eigenvalue weighted by Gasteiger charge is -2.13. The average Bonchev–Trinajstić information content (AvgIpc) is 1.52. The van der Waals surface area contributed by atoms with E-state index in [1.54, 1.807) is 0 Å². The first-order valence-electron chi connectivity index (χ1n) is 50.3. The Hall–Kier alpha value is -20.1. The van der Waals surface area contributed by atoms with E-state index in [-0.39, 0.29) is 0 Å². The lowest BCUT2D eigenvalue weighted by atomic mass is 9.99. The van der Waals surface area contributed by atoms with Gasteiger partial charge in [-0.05, 0) is 127 Å². The van der Waals surface area contributed by atoms with Crippen LogP contribution in [0.4, 0.5) is 0 Å². The maximum atomic E-state index is 6.56. The lowest BCUT2D eigenvalue weighted by molar-refractivity contribution is 0.673. The maximum absolute atomic E-state index is 6.56. The van der Waals surface area contributed by atoms with Crippen molar-refractivity contribution in [2.75, 3.05) is 0 Å². The van der Waals surface area contributed by atoms with Gasteiger partial charge in [0.05, 0.1) is 44.1 Å². The van der Waals surface area contributed by atoms with Crippen LogP contribution in [0.3, 0.4) is 0 Å². The van der Waals surface area contributed by atoms with Crippen molar-refractivity contribution in [2.45, 2.75) is 0 Å². The number of rotatable bonds is 13. The van der Waals surface area contributed by atoms with Crippen LogP contribution < -0.4 is 0 Å². The fraction of sp³-hybridized carbons (Fsp3) is 0. The van der Waals surface area contributed by atoms with Crippen molar-refractivity contribution < 1.29 is 4.42 Å². The van der Waals surface area contributed by atoms with E-state index in [1.165, 1.54) is 112 Å². The van der Waals surface area contributed by atoms with Gasteiger partial charge in [-0.3, -0.25) is 0 Å². The zero-order valence-electron chi connectivity index (χ0n) is 80.6. The highest BCUT2D eigenvalue weighted by Gasteiger charge is 2.30. The van der Waals surface area contributed by atoms with Gasteiger partial charge in [0, 0.05) is 174 Å². The molecule has 15 heteroatoms. The molecule has 0 aliphatic heterocycles. The molecule has 700 valence electrons. The first-order chi connectivity index (χ1) is 74.4. The molecule has 0 amide bonds. The monoisotopic (exact) mass is 1930 g/mol. The third kappa shape index (κ3) is 14.5. The van der Waals surface area contributed by atoms with Crippen LogP contribution in [0.15, 0.2) is 508 Å². The van der Waals surface area contributed by atoms with Gasteiger partial charge in [0.2, 0.25) is 0 Å². The SMILES string of the molecule is c1ccc(-c2nc(-c3ccccc3)nc(-c3ccc(-n4c5ccccc5c5c4c4ccccc4c4c6ccccc6n(-c6ccccc6)c45)cc3)n2)cc1.c1ccc(-c2nc(-c3ccccc3)nc(-c3ccc(-n4c5ccccc5c5c6c7ccccc7oc6c6ccccc6c54)cc3)n2)cc1.c1ccc(-c2nc(-c3ccccc3)nc(-c3ccc(-n4c5ccccc5c5c6c7ccccc7sc6c6ccccc6c54)cc3)n2)cc1. The molecule has 9 heterocycles. The molecule has 9 aromatic heterocycles. The number of aromatic nitrogens is 13. The first kappa shape index (κ1) is 86.5. The molecule has 0 atom stereocenters. The van der Waals surface area contributed by atoms with Gasteiger partial charge in [0.1, 0.15) is 11.2 Å². The van der Waals surface area contributed by atoms with Crippen molar-refractivity contribution in [3.8, 4) is 125 Å². The third-order valence-corrected chi connectivity index (χ3v) is 30.2. The highest BCUT2D eigenvalue weighted by atomic mass is 32.1. The number of nitrogens with zero attached hydrogens (tertiary/aromatic N) is 13. The van der Waals surface area contributed by atoms with E-state index in [0.29, 0.717) is 52.4 Å². The van der Waals surface area contributed by atoms with Crippen LogP contribution in [0.2, 0.25) is 0 Å². The normalized spacial score (nSPS) is 11.7. The van der Waals surface area contributed by atoms with E-state index in [0.717, 1.165) is 122 Å². The van der Waals surface area contributed by atoms with Crippen molar-refractivity contribution in [3.63, 3.8) is 0 Å². The van der Waals surface area contributed by atoms with Gasteiger partial charge >= 0.3 is 0 Å². The first-order valence-corrected chi connectivity index (χ1v) is 51.1. The molecule has 0 fully saturated rings. The summed E-state index contributed by atoms with van der Waals surface area (Å²) < 4.78 is 18.9. The number of thiophene rings is 1. The van der Waals surface area contributed by atoms with Crippen molar-refractivity contribution in [1.82, 2.24) is 63.1 Å². The highest BCUT2D eigenvalue weighted by molar-refractivity contribution is 7.27. The predicted octanol–water partition coefficient (Wildman–Crippen LogP) is 34.7. The Morgan fingerprint density at radius 3 is 0.767 bits per heavy atom. The second-order valence-corrected chi connectivity index (χ2v) is 38.7. The minimum Gasteiger partial charge on any atom is -0.455 e. The average molecular weight is 1940 g/mol. The van der Waals surface area contributed by atoms with Crippen molar-refractivity contribution >= 4 is 173 Å². The number of hydrogen-bond donors (Lipinski definition) is 0. The molecule has 0 radical (unpaired) electrons. The third-order valence-electron chi connectivity index (χ3n) is 29.0. The smallest absolute Gasteiger partial charge is 0.164 e. The minimum absolute atomic E-state index is 0.633. The summed E-state index contributed by atoms with van der Waals surface area (Å²) in [6.45, 7) is 0. The van der Waals surface area contributed by atoms with Crippen LogP contribution in [0.25, 0.3) is 287 Å². The summed E-state index contributed by atoms with van der Waals surface area (Å²) in [5.74, 6) is 5.82. The number of hydrogen-bond acceptors (Lipinski definition) is 11. The fourth-order valence-electron chi connectivity index (χ4n) is 22.4. The molecule has 0 unspecified atom stereocenters. The van der Waals surface area contributed by atoms with Crippen molar-refractivity contribution in [2.24, 2.45) is 0 Å². The van der Waals surface area contributed by atoms with Crippen LogP contribution in [0, 0.1) is 0 Å². The molecule has 0 bridgehead atoms. The lowest BCUT2D eigenvalue weighted by Crippen LogP contribution is -2.00. The topological polar surface area (TPSA) is 149 Å². The predicted molar refractivity (Wildman–Crippen MR) is 618 cm³/mol. The van der Waals surface area contributed by atoms with E-state index in [4.69, 9.17) is 49.3 Å². The molecular weight excluding hydrogens is 1850 g/mol. The fourth-order valence-corrected chi connectivity index (χ4v) is 23.6. The number of para-hydroxylation sites is 6. The summed E-state index contributed by atoms with van der Waals surface area (Å²) in [5.41, 5.74) is 24.1. The summed E-state index contributed by atoms with van der Waals surface area (Å²) in [6.07, 6.45) is 0.